The molecule has 6 heteroatoms. The predicted octanol–water partition coefficient (Wildman–Crippen LogP) is 2.11. The molecule has 0 aromatic heterocycles. The van der Waals surface area contributed by atoms with E-state index in [1.165, 1.54) is 7.11 Å². The van der Waals surface area contributed by atoms with Crippen molar-refractivity contribution >= 4 is 11.9 Å². The topological polar surface area (TPSA) is 84.9 Å². The number of carbonyl (C=O) groups is 2. The van der Waals surface area contributed by atoms with Crippen molar-refractivity contribution < 1.29 is 24.2 Å². The molecular formula is C18H25NO5. The Morgan fingerprint density at radius 1 is 1.21 bits per heavy atom. The van der Waals surface area contributed by atoms with Gasteiger partial charge in [0.15, 0.2) is 0 Å². The summed E-state index contributed by atoms with van der Waals surface area (Å²) >= 11 is 0. The molecule has 132 valence electrons. The van der Waals surface area contributed by atoms with Crippen LogP contribution in [0, 0.1) is 0 Å². The van der Waals surface area contributed by atoms with Gasteiger partial charge in [0.1, 0.15) is 11.8 Å². The molecule has 1 aromatic carbocycles. The zero-order chi connectivity index (χ0) is 17.6. The maximum Gasteiger partial charge on any atom is 0.326 e. The predicted molar refractivity (Wildman–Crippen MR) is 89.2 cm³/mol. The van der Waals surface area contributed by atoms with Gasteiger partial charge in [0.2, 0.25) is 5.91 Å². The van der Waals surface area contributed by atoms with E-state index in [0.29, 0.717) is 0 Å². The molecule has 1 fully saturated rings. The Bertz CT molecular complexity index is 563. The van der Waals surface area contributed by atoms with Crippen LogP contribution in [0.5, 0.6) is 5.75 Å². The highest BCUT2D eigenvalue weighted by atomic mass is 16.5. The molecule has 1 amide bonds. The summed E-state index contributed by atoms with van der Waals surface area (Å²) in [5, 5.41) is 12.0. The number of carbonyl (C=O) groups excluding carboxylic acids is 1. The van der Waals surface area contributed by atoms with Crippen LogP contribution in [0.2, 0.25) is 0 Å². The first-order chi connectivity index (χ1) is 11.5. The Kier molecular flexibility index (Phi) is 6.20. The van der Waals surface area contributed by atoms with Crippen LogP contribution in [0.3, 0.4) is 0 Å². The number of nitrogens with one attached hydrogen (secondary N) is 1. The second-order valence-electron chi connectivity index (χ2n) is 6.16. The molecular weight excluding hydrogens is 310 g/mol. The fraction of sp³-hybridized carbons (Fsp3) is 0.556. The zero-order valence-electron chi connectivity index (χ0n) is 14.2. The molecule has 1 unspecified atom stereocenters. The summed E-state index contributed by atoms with van der Waals surface area (Å²) in [5.74, 6) is -0.521. The van der Waals surface area contributed by atoms with Gasteiger partial charge in [0.05, 0.1) is 12.5 Å². The van der Waals surface area contributed by atoms with E-state index >= 15 is 0 Å². The van der Waals surface area contributed by atoms with Gasteiger partial charge in [-0.15, -0.1) is 0 Å². The quantitative estimate of drug-likeness (QED) is 0.760. The van der Waals surface area contributed by atoms with Gasteiger partial charge < -0.3 is 19.9 Å². The number of benzene rings is 1. The normalized spacial score (nSPS) is 17.2. The zero-order valence-corrected chi connectivity index (χ0v) is 14.2. The molecule has 0 bridgehead atoms. The summed E-state index contributed by atoms with van der Waals surface area (Å²) in [6.45, 7) is 0.285. The molecule has 1 aromatic rings. The highest BCUT2D eigenvalue weighted by Gasteiger charge is 2.43. The first kappa shape index (κ1) is 18.3. The molecule has 6 nitrogen and oxygen atoms in total. The maximum absolute atomic E-state index is 13.0. The van der Waals surface area contributed by atoms with E-state index < -0.39 is 17.4 Å². The number of carboxylic acid groups (broad SMARTS) is 1. The van der Waals surface area contributed by atoms with Crippen molar-refractivity contribution in [3.8, 4) is 5.75 Å². The van der Waals surface area contributed by atoms with Crippen molar-refractivity contribution in [3.63, 3.8) is 0 Å². The van der Waals surface area contributed by atoms with Crippen LogP contribution in [0.25, 0.3) is 0 Å². The average Bonchev–Trinajstić information content (AvgIpc) is 3.09. The minimum atomic E-state index is -1.04. The van der Waals surface area contributed by atoms with Gasteiger partial charge in [0.25, 0.3) is 0 Å². The van der Waals surface area contributed by atoms with Gasteiger partial charge in [0, 0.05) is 20.1 Å². The van der Waals surface area contributed by atoms with Gasteiger partial charge in [-0.1, -0.05) is 25.0 Å². The SMILES string of the molecule is COCCC(NC(=O)C1(c2ccc(OC)cc2)CCCC1)C(=O)O. The van der Waals surface area contributed by atoms with Crippen molar-refractivity contribution in [3.05, 3.63) is 29.8 Å². The molecule has 0 heterocycles. The number of methoxy groups -OCH3 is 2. The number of aliphatic carboxylic acids is 1. The van der Waals surface area contributed by atoms with Gasteiger partial charge >= 0.3 is 5.97 Å². The smallest absolute Gasteiger partial charge is 0.326 e. The van der Waals surface area contributed by atoms with Crippen LogP contribution in [0.15, 0.2) is 24.3 Å². The average molecular weight is 335 g/mol. The Morgan fingerprint density at radius 2 is 1.83 bits per heavy atom. The summed E-state index contributed by atoms with van der Waals surface area (Å²) < 4.78 is 10.1. The molecule has 0 aliphatic heterocycles. The number of hydrogen-bond donors (Lipinski definition) is 2. The largest absolute Gasteiger partial charge is 0.497 e. The van der Waals surface area contributed by atoms with Crippen molar-refractivity contribution in [2.75, 3.05) is 20.8 Å². The molecule has 0 radical (unpaired) electrons. The highest BCUT2D eigenvalue weighted by molar-refractivity contribution is 5.91. The molecule has 1 atom stereocenters. The summed E-state index contributed by atoms with van der Waals surface area (Å²) in [4.78, 5) is 24.3. The number of rotatable bonds is 8. The Hall–Kier alpha value is -2.08. The van der Waals surface area contributed by atoms with Crippen LogP contribution in [-0.4, -0.2) is 43.9 Å². The minimum Gasteiger partial charge on any atom is -0.497 e. The van der Waals surface area contributed by atoms with Crippen LogP contribution in [0.1, 0.15) is 37.7 Å². The van der Waals surface area contributed by atoms with Crippen LogP contribution in [-0.2, 0) is 19.7 Å². The fourth-order valence-corrected chi connectivity index (χ4v) is 3.32. The van der Waals surface area contributed by atoms with Gasteiger partial charge in [-0.05, 0) is 30.5 Å². The summed E-state index contributed by atoms with van der Waals surface area (Å²) in [5.41, 5.74) is 0.252. The van der Waals surface area contributed by atoms with E-state index in [4.69, 9.17) is 9.47 Å². The Labute approximate surface area is 142 Å². The molecule has 1 saturated carbocycles. The van der Waals surface area contributed by atoms with Gasteiger partial charge in [-0.3, -0.25) is 4.79 Å². The monoisotopic (exact) mass is 335 g/mol. The van der Waals surface area contributed by atoms with Gasteiger partial charge in [-0.25, -0.2) is 4.79 Å². The third kappa shape index (κ3) is 3.87. The molecule has 2 rings (SSSR count). The van der Waals surface area contributed by atoms with Crippen LogP contribution >= 0.6 is 0 Å². The summed E-state index contributed by atoms with van der Waals surface area (Å²) in [6.07, 6.45) is 3.60. The number of amides is 1. The third-order valence-corrected chi connectivity index (χ3v) is 4.75. The summed E-state index contributed by atoms with van der Waals surface area (Å²) in [7, 11) is 3.11. The lowest BCUT2D eigenvalue weighted by Crippen LogP contribution is -2.50. The van der Waals surface area contributed by atoms with Crippen molar-refractivity contribution in [1.82, 2.24) is 5.32 Å². The van der Waals surface area contributed by atoms with Crippen LogP contribution in [0.4, 0.5) is 0 Å². The Balaban J connectivity index is 2.21. The lowest BCUT2D eigenvalue weighted by molar-refractivity contribution is -0.143. The van der Waals surface area contributed by atoms with E-state index in [1.807, 2.05) is 24.3 Å². The highest BCUT2D eigenvalue weighted by Crippen LogP contribution is 2.42. The molecule has 0 spiro atoms. The number of hydrogen-bond acceptors (Lipinski definition) is 4. The standard InChI is InChI=1S/C18H25NO5/c1-23-12-9-15(16(20)21)19-17(22)18(10-3-4-11-18)13-5-7-14(24-2)8-6-13/h5-8,15H,3-4,9-12H2,1-2H3,(H,19,22)(H,20,21). The Morgan fingerprint density at radius 3 is 2.33 bits per heavy atom. The first-order valence-corrected chi connectivity index (χ1v) is 8.21. The molecule has 24 heavy (non-hydrogen) atoms. The van der Waals surface area contributed by atoms with Crippen molar-refractivity contribution in [2.45, 2.75) is 43.6 Å². The molecule has 1 aliphatic rings. The van der Waals surface area contributed by atoms with E-state index in [2.05, 4.69) is 5.32 Å². The minimum absolute atomic E-state index is 0.214. The van der Waals surface area contributed by atoms with Crippen molar-refractivity contribution in [2.24, 2.45) is 0 Å². The second-order valence-corrected chi connectivity index (χ2v) is 6.16. The van der Waals surface area contributed by atoms with Crippen molar-refractivity contribution in [1.29, 1.82) is 0 Å². The summed E-state index contributed by atoms with van der Waals surface area (Å²) in [6, 6.07) is 6.53. The number of ether oxygens (including phenoxy) is 2. The van der Waals surface area contributed by atoms with Gasteiger partial charge in [-0.2, -0.15) is 0 Å². The molecule has 2 N–H and O–H groups in total. The lowest BCUT2D eigenvalue weighted by Gasteiger charge is -2.30. The van der Waals surface area contributed by atoms with E-state index in [9.17, 15) is 14.7 Å². The lowest BCUT2D eigenvalue weighted by atomic mass is 9.77. The van der Waals surface area contributed by atoms with Crippen LogP contribution < -0.4 is 10.1 Å². The van der Waals surface area contributed by atoms with E-state index in [-0.39, 0.29) is 18.9 Å². The second kappa shape index (κ2) is 8.15. The van der Waals surface area contributed by atoms with E-state index in [0.717, 1.165) is 37.0 Å². The molecule has 0 saturated heterocycles. The first-order valence-electron chi connectivity index (χ1n) is 8.21. The molecule has 1 aliphatic carbocycles. The van der Waals surface area contributed by atoms with E-state index in [1.54, 1.807) is 7.11 Å². The third-order valence-electron chi connectivity index (χ3n) is 4.75. The fourth-order valence-electron chi connectivity index (χ4n) is 3.32. The maximum atomic E-state index is 13.0. The number of carboxylic acids is 1.